The van der Waals surface area contributed by atoms with Crippen LogP contribution in [-0.4, -0.2) is 42.4 Å². The van der Waals surface area contributed by atoms with Crippen molar-refractivity contribution in [1.82, 2.24) is 10.2 Å². The summed E-state index contributed by atoms with van der Waals surface area (Å²) in [5, 5.41) is 12.6. The van der Waals surface area contributed by atoms with Crippen LogP contribution < -0.4 is 5.32 Å². The summed E-state index contributed by atoms with van der Waals surface area (Å²) in [6.07, 6.45) is 24.5. The van der Waals surface area contributed by atoms with Gasteiger partial charge in [0.2, 0.25) is 0 Å². The second-order valence-electron chi connectivity index (χ2n) is 7.61. The van der Waals surface area contributed by atoms with Crippen LogP contribution in [0.1, 0.15) is 96.8 Å². The minimum atomic E-state index is 0.265. The van der Waals surface area contributed by atoms with E-state index in [1.807, 2.05) is 0 Å². The lowest BCUT2D eigenvalue weighted by Crippen LogP contribution is -2.36. The molecule has 1 aliphatic heterocycles. The van der Waals surface area contributed by atoms with Gasteiger partial charge >= 0.3 is 0 Å². The van der Waals surface area contributed by atoms with E-state index >= 15 is 0 Å². The van der Waals surface area contributed by atoms with E-state index in [1.54, 1.807) is 0 Å². The number of hydrogen-bond donors (Lipinski definition) is 2. The van der Waals surface area contributed by atoms with Crippen molar-refractivity contribution in [3.63, 3.8) is 0 Å². The molecule has 3 nitrogen and oxygen atoms in total. The van der Waals surface area contributed by atoms with Crippen LogP contribution in [0.5, 0.6) is 0 Å². The lowest BCUT2D eigenvalue weighted by Gasteiger charge is -2.21. The minimum Gasteiger partial charge on any atom is -0.395 e. The van der Waals surface area contributed by atoms with Crippen molar-refractivity contribution in [2.45, 2.75) is 103 Å². The summed E-state index contributed by atoms with van der Waals surface area (Å²) in [4.78, 5) is 2.34. The van der Waals surface area contributed by atoms with Crippen molar-refractivity contribution in [1.29, 1.82) is 0 Å². The Bertz CT molecular complexity index is 306. The Labute approximate surface area is 157 Å². The molecule has 0 aliphatic carbocycles. The van der Waals surface area contributed by atoms with Crippen LogP contribution in [0.15, 0.2) is 12.2 Å². The van der Waals surface area contributed by atoms with Crippen molar-refractivity contribution in [2.75, 3.05) is 26.2 Å². The van der Waals surface area contributed by atoms with Gasteiger partial charge in [-0.05, 0) is 19.3 Å². The maximum absolute atomic E-state index is 9.06. The number of hydrogen-bond acceptors (Lipinski definition) is 3. The van der Waals surface area contributed by atoms with E-state index in [2.05, 4.69) is 29.3 Å². The lowest BCUT2D eigenvalue weighted by atomic mass is 10.0. The van der Waals surface area contributed by atoms with Crippen molar-refractivity contribution in [3.8, 4) is 0 Å². The molecule has 0 bridgehead atoms. The highest BCUT2D eigenvalue weighted by Gasteiger charge is 2.21. The third-order valence-corrected chi connectivity index (χ3v) is 5.36. The van der Waals surface area contributed by atoms with Gasteiger partial charge in [-0.1, -0.05) is 89.7 Å². The Morgan fingerprint density at radius 1 is 0.880 bits per heavy atom. The van der Waals surface area contributed by atoms with Gasteiger partial charge in [-0.2, -0.15) is 0 Å². The molecule has 1 rings (SSSR count). The van der Waals surface area contributed by atoms with Crippen molar-refractivity contribution in [2.24, 2.45) is 0 Å². The van der Waals surface area contributed by atoms with Crippen LogP contribution in [-0.2, 0) is 0 Å². The van der Waals surface area contributed by atoms with Gasteiger partial charge in [-0.15, -0.1) is 0 Å². The number of rotatable bonds is 17. The molecular formula is C22H44N2O. The van der Waals surface area contributed by atoms with Crippen molar-refractivity contribution < 1.29 is 5.11 Å². The van der Waals surface area contributed by atoms with Gasteiger partial charge in [-0.3, -0.25) is 4.90 Å². The fourth-order valence-corrected chi connectivity index (χ4v) is 3.73. The molecule has 0 saturated carbocycles. The zero-order valence-electron chi connectivity index (χ0n) is 16.9. The number of allylic oxidation sites excluding steroid dienone is 1. The highest BCUT2D eigenvalue weighted by atomic mass is 16.3. The molecule has 1 saturated heterocycles. The predicted octanol–water partition coefficient (Wildman–Crippen LogP) is 5.25. The summed E-state index contributed by atoms with van der Waals surface area (Å²) in [5.41, 5.74) is 0. The van der Waals surface area contributed by atoms with E-state index in [0.29, 0.717) is 6.17 Å². The Hall–Kier alpha value is -0.380. The second-order valence-corrected chi connectivity index (χ2v) is 7.61. The minimum absolute atomic E-state index is 0.265. The normalized spacial score (nSPS) is 18.6. The maximum atomic E-state index is 9.06. The van der Waals surface area contributed by atoms with E-state index in [1.165, 1.54) is 83.5 Å². The maximum Gasteiger partial charge on any atom is 0.0634 e. The van der Waals surface area contributed by atoms with Crippen LogP contribution in [0.4, 0.5) is 0 Å². The lowest BCUT2D eigenvalue weighted by molar-refractivity contribution is 0.179. The molecule has 1 unspecified atom stereocenters. The van der Waals surface area contributed by atoms with Gasteiger partial charge in [0.1, 0.15) is 0 Å². The zero-order chi connectivity index (χ0) is 18.0. The summed E-state index contributed by atoms with van der Waals surface area (Å²) in [5.74, 6) is 0. The average molecular weight is 353 g/mol. The molecular weight excluding hydrogens is 308 g/mol. The molecule has 1 atom stereocenters. The summed E-state index contributed by atoms with van der Waals surface area (Å²) in [6.45, 7) is 5.47. The van der Waals surface area contributed by atoms with Crippen molar-refractivity contribution in [3.05, 3.63) is 12.2 Å². The van der Waals surface area contributed by atoms with Crippen LogP contribution in [0, 0.1) is 0 Å². The first-order chi connectivity index (χ1) is 12.4. The first-order valence-electron chi connectivity index (χ1n) is 11.1. The number of unbranched alkanes of at least 4 members (excludes halogenated alkanes) is 12. The quantitative estimate of drug-likeness (QED) is 0.277. The molecule has 1 heterocycles. The average Bonchev–Trinajstić information content (AvgIpc) is 3.06. The Kier molecular flexibility index (Phi) is 15.5. The van der Waals surface area contributed by atoms with Gasteiger partial charge < -0.3 is 10.4 Å². The fourth-order valence-electron chi connectivity index (χ4n) is 3.73. The molecule has 2 N–H and O–H groups in total. The molecule has 1 fully saturated rings. The van der Waals surface area contributed by atoms with E-state index in [4.69, 9.17) is 5.11 Å². The van der Waals surface area contributed by atoms with Crippen LogP contribution in [0.25, 0.3) is 0 Å². The number of aliphatic hydroxyl groups excluding tert-OH is 1. The first-order valence-corrected chi connectivity index (χ1v) is 11.1. The molecule has 0 aromatic carbocycles. The van der Waals surface area contributed by atoms with E-state index in [-0.39, 0.29) is 6.61 Å². The Balaban J connectivity index is 1.81. The molecule has 0 amide bonds. The first kappa shape index (κ1) is 22.7. The molecule has 0 radical (unpaired) electrons. The number of aliphatic hydroxyl groups is 1. The summed E-state index contributed by atoms with van der Waals surface area (Å²) >= 11 is 0. The topological polar surface area (TPSA) is 35.5 Å². The largest absolute Gasteiger partial charge is 0.395 e. The molecule has 3 heteroatoms. The highest BCUT2D eigenvalue weighted by molar-refractivity contribution is 4.89. The van der Waals surface area contributed by atoms with E-state index in [9.17, 15) is 0 Å². The molecule has 0 spiro atoms. The Morgan fingerprint density at radius 2 is 1.48 bits per heavy atom. The summed E-state index contributed by atoms with van der Waals surface area (Å²) in [7, 11) is 0. The van der Waals surface area contributed by atoms with Gasteiger partial charge in [-0.25, -0.2) is 0 Å². The Morgan fingerprint density at radius 3 is 2.08 bits per heavy atom. The zero-order valence-corrected chi connectivity index (χ0v) is 16.9. The van der Waals surface area contributed by atoms with Crippen LogP contribution in [0.3, 0.4) is 0 Å². The summed E-state index contributed by atoms with van der Waals surface area (Å²) in [6, 6.07) is 0. The number of nitrogens with one attached hydrogen (secondary N) is 1. The highest BCUT2D eigenvalue weighted by Crippen LogP contribution is 2.13. The molecule has 148 valence electrons. The second kappa shape index (κ2) is 17.1. The molecule has 1 aliphatic rings. The third kappa shape index (κ3) is 12.6. The van der Waals surface area contributed by atoms with Crippen molar-refractivity contribution >= 4 is 0 Å². The van der Waals surface area contributed by atoms with Crippen LogP contribution >= 0.6 is 0 Å². The molecule has 0 aromatic rings. The monoisotopic (exact) mass is 352 g/mol. The summed E-state index contributed by atoms with van der Waals surface area (Å²) < 4.78 is 0. The standard InChI is InChI=1S/C22H44N2O/c1-2-3-4-5-6-7-8-9-10-11-12-13-14-15-16-17-22-23-18-19-24(22)20-21-25/h15-16,22-23,25H,2-14,17-21H2,1H3. The predicted molar refractivity (Wildman–Crippen MR) is 110 cm³/mol. The molecule has 25 heavy (non-hydrogen) atoms. The molecule has 0 aromatic heterocycles. The van der Waals surface area contributed by atoms with Gasteiger partial charge in [0.15, 0.2) is 0 Å². The fraction of sp³-hybridized carbons (Fsp3) is 0.909. The third-order valence-electron chi connectivity index (χ3n) is 5.36. The SMILES string of the molecule is CCCCCCCCCCCCCCC=CCC1NCCN1CCO. The van der Waals surface area contributed by atoms with E-state index in [0.717, 1.165) is 26.1 Å². The van der Waals surface area contributed by atoms with Gasteiger partial charge in [0.05, 0.1) is 12.8 Å². The number of nitrogens with zero attached hydrogens (tertiary/aromatic N) is 1. The van der Waals surface area contributed by atoms with Gasteiger partial charge in [0, 0.05) is 19.6 Å². The number of β-amino-alcohol motifs (C(OH)–C–C–N with tert-alkyl or cyclic N) is 1. The van der Waals surface area contributed by atoms with Gasteiger partial charge in [0.25, 0.3) is 0 Å². The van der Waals surface area contributed by atoms with Crippen LogP contribution in [0.2, 0.25) is 0 Å². The smallest absolute Gasteiger partial charge is 0.0634 e. The van der Waals surface area contributed by atoms with E-state index < -0.39 is 0 Å².